The summed E-state index contributed by atoms with van der Waals surface area (Å²) in [7, 11) is 0. The van der Waals surface area contributed by atoms with Crippen molar-refractivity contribution in [3.63, 3.8) is 0 Å². The molecule has 8 heteroatoms. The van der Waals surface area contributed by atoms with Crippen LogP contribution < -0.4 is 10.9 Å². The van der Waals surface area contributed by atoms with Gasteiger partial charge in [0.25, 0.3) is 5.56 Å². The molecule has 0 unspecified atom stereocenters. The van der Waals surface area contributed by atoms with Crippen LogP contribution >= 0.6 is 11.8 Å². The summed E-state index contributed by atoms with van der Waals surface area (Å²) >= 11 is 1.02. The molecule has 0 aliphatic rings. The van der Waals surface area contributed by atoms with Crippen molar-refractivity contribution >= 4 is 34.3 Å². The normalized spacial score (nSPS) is 11.2. The number of benzene rings is 3. The average molecular weight is 466 g/mol. The van der Waals surface area contributed by atoms with Gasteiger partial charge in [0, 0.05) is 0 Å². The Morgan fingerprint density at radius 2 is 1.67 bits per heavy atom. The fourth-order valence-corrected chi connectivity index (χ4v) is 4.18. The second-order valence-corrected chi connectivity index (χ2v) is 8.67. The number of carbonyl (C=O) groups is 1. The Bertz CT molecular complexity index is 1360. The van der Waals surface area contributed by atoms with Gasteiger partial charge in [-0.3, -0.25) is 14.2 Å². The SMILES string of the molecule is CC(C)c1ccc(-n2c(SCC(=O)Nc3c(F)cccc3F)nc3ccccc3c2=O)cc1. The van der Waals surface area contributed by atoms with E-state index in [-0.39, 0.29) is 11.3 Å². The number of halogens is 2. The summed E-state index contributed by atoms with van der Waals surface area (Å²) in [6.07, 6.45) is 0. The lowest BCUT2D eigenvalue weighted by Gasteiger charge is -2.14. The van der Waals surface area contributed by atoms with Crippen LogP contribution in [0.15, 0.2) is 76.7 Å². The molecule has 0 spiro atoms. The zero-order valence-electron chi connectivity index (χ0n) is 18.0. The van der Waals surface area contributed by atoms with Crippen LogP contribution in [0.2, 0.25) is 0 Å². The maximum atomic E-state index is 13.9. The van der Waals surface area contributed by atoms with Crippen molar-refractivity contribution in [1.82, 2.24) is 9.55 Å². The lowest BCUT2D eigenvalue weighted by atomic mass is 10.0. The van der Waals surface area contributed by atoms with E-state index in [9.17, 15) is 18.4 Å². The van der Waals surface area contributed by atoms with Crippen LogP contribution in [0.5, 0.6) is 0 Å². The maximum absolute atomic E-state index is 13.9. The van der Waals surface area contributed by atoms with Gasteiger partial charge in [-0.1, -0.05) is 55.9 Å². The summed E-state index contributed by atoms with van der Waals surface area (Å²) in [5, 5.41) is 3.01. The molecule has 4 rings (SSSR count). The fourth-order valence-electron chi connectivity index (χ4n) is 3.37. The van der Waals surface area contributed by atoms with E-state index in [2.05, 4.69) is 24.1 Å². The Hall–Kier alpha value is -3.52. The van der Waals surface area contributed by atoms with Crippen molar-refractivity contribution in [1.29, 1.82) is 0 Å². The van der Waals surface area contributed by atoms with Crippen molar-refractivity contribution in [2.75, 3.05) is 11.1 Å². The van der Waals surface area contributed by atoms with E-state index in [1.165, 1.54) is 10.6 Å². The van der Waals surface area contributed by atoms with Crippen molar-refractivity contribution in [3.05, 3.63) is 94.3 Å². The predicted octanol–water partition coefficient (Wildman–Crippen LogP) is 5.52. The highest BCUT2D eigenvalue weighted by Crippen LogP contribution is 2.24. The molecule has 1 heterocycles. The number of anilines is 1. The van der Waals surface area contributed by atoms with Crippen molar-refractivity contribution < 1.29 is 13.6 Å². The van der Waals surface area contributed by atoms with Crippen LogP contribution in [0.1, 0.15) is 25.3 Å². The number of para-hydroxylation sites is 2. The molecule has 1 N–H and O–H groups in total. The number of nitrogens with zero attached hydrogens (tertiary/aromatic N) is 2. The second-order valence-electron chi connectivity index (χ2n) is 7.73. The molecule has 0 radical (unpaired) electrons. The first-order valence-electron chi connectivity index (χ1n) is 10.3. The lowest BCUT2D eigenvalue weighted by molar-refractivity contribution is -0.113. The van der Waals surface area contributed by atoms with Gasteiger partial charge in [-0.2, -0.15) is 0 Å². The maximum Gasteiger partial charge on any atom is 0.266 e. The Kier molecular flexibility index (Phi) is 6.55. The number of amides is 1. The van der Waals surface area contributed by atoms with Crippen molar-refractivity contribution in [2.24, 2.45) is 0 Å². The number of hydrogen-bond donors (Lipinski definition) is 1. The van der Waals surface area contributed by atoms with Gasteiger partial charge in [-0.15, -0.1) is 0 Å². The summed E-state index contributed by atoms with van der Waals surface area (Å²) < 4.78 is 29.2. The van der Waals surface area contributed by atoms with Crippen LogP contribution in [-0.4, -0.2) is 21.2 Å². The van der Waals surface area contributed by atoms with Crippen LogP contribution in [0.3, 0.4) is 0 Å². The molecule has 0 fully saturated rings. The molecule has 4 aromatic rings. The largest absolute Gasteiger partial charge is 0.320 e. The molecule has 168 valence electrons. The standard InChI is InChI=1S/C25H21F2N3O2S/c1-15(2)16-10-12-17(13-11-16)30-24(32)18-6-3-4-9-21(18)28-25(30)33-14-22(31)29-23-19(26)7-5-8-20(23)27/h3-13,15H,14H2,1-2H3,(H,29,31). The third-order valence-electron chi connectivity index (χ3n) is 5.12. The Balaban J connectivity index is 1.68. The minimum absolute atomic E-state index is 0.192. The Labute approximate surface area is 193 Å². The van der Waals surface area contributed by atoms with E-state index in [4.69, 9.17) is 0 Å². The molecular formula is C25H21F2N3O2S. The highest BCUT2D eigenvalue weighted by Gasteiger charge is 2.17. The molecule has 3 aromatic carbocycles. The summed E-state index contributed by atoms with van der Waals surface area (Å²) in [6, 6.07) is 17.9. The van der Waals surface area contributed by atoms with Gasteiger partial charge in [-0.25, -0.2) is 13.8 Å². The predicted molar refractivity (Wildman–Crippen MR) is 127 cm³/mol. The molecule has 0 atom stereocenters. The topological polar surface area (TPSA) is 64.0 Å². The molecular weight excluding hydrogens is 444 g/mol. The minimum atomic E-state index is -0.862. The monoisotopic (exact) mass is 465 g/mol. The lowest BCUT2D eigenvalue weighted by Crippen LogP contribution is -2.23. The smallest absolute Gasteiger partial charge is 0.266 e. The second kappa shape index (κ2) is 9.54. The number of thioether (sulfide) groups is 1. The summed E-state index contributed by atoms with van der Waals surface area (Å²) in [6.45, 7) is 4.16. The summed E-state index contributed by atoms with van der Waals surface area (Å²) in [4.78, 5) is 30.3. The molecule has 1 amide bonds. The molecule has 0 saturated carbocycles. The average Bonchev–Trinajstić information content (AvgIpc) is 2.80. The van der Waals surface area contributed by atoms with Gasteiger partial charge >= 0.3 is 0 Å². The number of aromatic nitrogens is 2. The zero-order chi connectivity index (χ0) is 23.5. The third kappa shape index (κ3) is 4.80. The van der Waals surface area contributed by atoms with Crippen LogP contribution in [0, 0.1) is 11.6 Å². The van der Waals surface area contributed by atoms with Gasteiger partial charge in [0.05, 0.1) is 22.3 Å². The molecule has 5 nitrogen and oxygen atoms in total. The first-order chi connectivity index (χ1) is 15.8. The molecule has 0 aliphatic carbocycles. The Morgan fingerprint density at radius 3 is 2.33 bits per heavy atom. The van der Waals surface area contributed by atoms with Gasteiger partial charge < -0.3 is 5.32 Å². The van der Waals surface area contributed by atoms with E-state index in [0.717, 1.165) is 29.5 Å². The third-order valence-corrected chi connectivity index (χ3v) is 6.06. The van der Waals surface area contributed by atoms with Gasteiger partial charge in [0.2, 0.25) is 5.91 Å². The number of carbonyl (C=O) groups excluding carboxylic acids is 1. The molecule has 0 bridgehead atoms. The first-order valence-corrected chi connectivity index (χ1v) is 11.3. The molecule has 1 aromatic heterocycles. The van der Waals surface area contributed by atoms with E-state index in [1.54, 1.807) is 24.3 Å². The van der Waals surface area contributed by atoms with E-state index >= 15 is 0 Å². The quantitative estimate of drug-likeness (QED) is 0.301. The summed E-state index contributed by atoms with van der Waals surface area (Å²) in [5.74, 6) is -2.20. The highest BCUT2D eigenvalue weighted by atomic mass is 32.2. The Morgan fingerprint density at radius 1 is 1.00 bits per heavy atom. The first kappa shape index (κ1) is 22.7. The van der Waals surface area contributed by atoms with Crippen molar-refractivity contribution in [2.45, 2.75) is 24.9 Å². The number of hydrogen-bond acceptors (Lipinski definition) is 4. The number of nitrogens with one attached hydrogen (secondary N) is 1. The van der Waals surface area contributed by atoms with Crippen LogP contribution in [0.4, 0.5) is 14.5 Å². The highest BCUT2D eigenvalue weighted by molar-refractivity contribution is 7.99. The van der Waals surface area contributed by atoms with Crippen LogP contribution in [-0.2, 0) is 4.79 Å². The van der Waals surface area contributed by atoms with Crippen LogP contribution in [0.25, 0.3) is 16.6 Å². The minimum Gasteiger partial charge on any atom is -0.320 e. The van der Waals surface area contributed by atoms with Gasteiger partial charge in [-0.05, 0) is 47.9 Å². The molecule has 0 aliphatic heterocycles. The number of fused-ring (bicyclic) bond motifs is 1. The summed E-state index contributed by atoms with van der Waals surface area (Å²) in [5.41, 5.74) is 1.48. The van der Waals surface area contributed by atoms with E-state index in [1.807, 2.05) is 24.3 Å². The zero-order valence-corrected chi connectivity index (χ0v) is 18.8. The van der Waals surface area contributed by atoms with E-state index in [0.29, 0.717) is 27.7 Å². The van der Waals surface area contributed by atoms with Gasteiger partial charge in [0.15, 0.2) is 5.16 Å². The fraction of sp³-hybridized carbons (Fsp3) is 0.160. The molecule has 0 saturated heterocycles. The van der Waals surface area contributed by atoms with Crippen molar-refractivity contribution in [3.8, 4) is 5.69 Å². The van der Waals surface area contributed by atoms with E-state index < -0.39 is 23.2 Å². The number of rotatable bonds is 6. The van der Waals surface area contributed by atoms with Gasteiger partial charge in [0.1, 0.15) is 17.3 Å². The molecule has 33 heavy (non-hydrogen) atoms.